The first-order valence-electron chi connectivity index (χ1n) is 7.85. The Morgan fingerprint density at radius 3 is 2.58 bits per heavy atom. The lowest BCUT2D eigenvalue weighted by atomic mass is 9.94. The minimum atomic E-state index is -0.175. The first-order valence-corrected chi connectivity index (χ1v) is 8.73. The molecule has 0 bridgehead atoms. The van der Waals surface area contributed by atoms with E-state index in [2.05, 4.69) is 17.6 Å². The van der Waals surface area contributed by atoms with Crippen LogP contribution in [0.1, 0.15) is 38.9 Å². The Labute approximate surface area is 152 Å². The molecule has 24 heavy (non-hydrogen) atoms. The third kappa shape index (κ3) is 4.04. The van der Waals surface area contributed by atoms with E-state index in [1.807, 2.05) is 11.4 Å². The van der Waals surface area contributed by atoms with Crippen LogP contribution < -0.4 is 10.6 Å². The summed E-state index contributed by atoms with van der Waals surface area (Å²) in [6.45, 7) is 3.91. The van der Waals surface area contributed by atoms with Crippen molar-refractivity contribution in [2.45, 2.75) is 19.4 Å². The van der Waals surface area contributed by atoms with E-state index in [1.165, 1.54) is 11.3 Å². The van der Waals surface area contributed by atoms with Gasteiger partial charge in [-0.15, -0.1) is 23.7 Å². The second-order valence-electron chi connectivity index (χ2n) is 5.90. The quantitative estimate of drug-likeness (QED) is 0.819. The molecule has 0 radical (unpaired) electrons. The largest absolute Gasteiger partial charge is 0.348 e. The molecule has 0 spiro atoms. The fraction of sp³-hybridized carbons (Fsp3) is 0.333. The Morgan fingerprint density at radius 2 is 1.92 bits per heavy atom. The highest BCUT2D eigenvalue weighted by Gasteiger charge is 2.25. The van der Waals surface area contributed by atoms with Crippen LogP contribution in [0.3, 0.4) is 0 Å². The molecular weight excluding hydrogens is 344 g/mol. The molecule has 1 amide bonds. The maximum Gasteiger partial charge on any atom is 0.252 e. The monoisotopic (exact) mass is 364 g/mol. The molecule has 128 valence electrons. The zero-order valence-electron chi connectivity index (χ0n) is 13.5. The van der Waals surface area contributed by atoms with Crippen LogP contribution in [0, 0.1) is 5.92 Å². The van der Waals surface area contributed by atoms with Gasteiger partial charge in [-0.05, 0) is 36.4 Å². The number of carbonyl (C=O) groups is 2. The van der Waals surface area contributed by atoms with Gasteiger partial charge < -0.3 is 10.6 Å². The van der Waals surface area contributed by atoms with E-state index in [0.29, 0.717) is 21.9 Å². The Balaban J connectivity index is 0.00000208. The second kappa shape index (κ2) is 8.42. The van der Waals surface area contributed by atoms with Gasteiger partial charge in [-0.2, -0.15) is 0 Å². The second-order valence-corrected chi connectivity index (χ2v) is 6.85. The number of carbonyl (C=O) groups excluding carboxylic acids is 2. The fourth-order valence-corrected chi connectivity index (χ4v) is 3.53. The number of thiophene rings is 1. The van der Waals surface area contributed by atoms with Crippen LogP contribution in [0.15, 0.2) is 41.8 Å². The highest BCUT2D eigenvalue weighted by Crippen LogP contribution is 2.19. The van der Waals surface area contributed by atoms with Crippen LogP contribution in [-0.4, -0.2) is 30.8 Å². The van der Waals surface area contributed by atoms with Crippen molar-refractivity contribution in [3.8, 4) is 0 Å². The Kier molecular flexibility index (Phi) is 6.54. The van der Waals surface area contributed by atoms with E-state index in [9.17, 15) is 9.59 Å². The number of rotatable bonds is 4. The third-order valence-electron chi connectivity index (χ3n) is 4.31. The number of benzene rings is 1. The maximum absolute atomic E-state index is 12.7. The standard InChI is InChI=1S/C18H20N2O2S.ClH/c1-12-8-9-19-11-15(12)20-18(22)14-6-3-2-5-13(14)17(21)16-7-4-10-23-16;/h2-7,10,12,15,19H,8-9,11H2,1H3,(H,20,22);1H. The number of hydrogen-bond acceptors (Lipinski definition) is 4. The molecule has 0 saturated carbocycles. The zero-order valence-corrected chi connectivity index (χ0v) is 15.1. The fourth-order valence-electron chi connectivity index (χ4n) is 2.85. The average Bonchev–Trinajstić information content (AvgIpc) is 3.11. The topological polar surface area (TPSA) is 58.2 Å². The van der Waals surface area contributed by atoms with Gasteiger partial charge in [-0.3, -0.25) is 9.59 Å². The molecule has 1 saturated heterocycles. The SMILES string of the molecule is CC1CCNCC1NC(=O)c1ccccc1C(=O)c1cccs1.Cl. The van der Waals surface area contributed by atoms with Gasteiger partial charge in [0, 0.05) is 18.2 Å². The van der Waals surface area contributed by atoms with E-state index >= 15 is 0 Å². The number of nitrogens with one attached hydrogen (secondary N) is 2. The zero-order chi connectivity index (χ0) is 16.2. The number of piperidine rings is 1. The highest BCUT2D eigenvalue weighted by atomic mass is 35.5. The van der Waals surface area contributed by atoms with Crippen molar-refractivity contribution in [1.29, 1.82) is 0 Å². The summed E-state index contributed by atoms with van der Waals surface area (Å²) in [6, 6.07) is 10.8. The van der Waals surface area contributed by atoms with E-state index < -0.39 is 0 Å². The molecule has 1 aliphatic rings. The van der Waals surface area contributed by atoms with Gasteiger partial charge >= 0.3 is 0 Å². The minimum Gasteiger partial charge on any atom is -0.348 e. The predicted octanol–water partition coefficient (Wildman–Crippen LogP) is 3.13. The summed E-state index contributed by atoms with van der Waals surface area (Å²) in [6.07, 6.45) is 1.04. The molecule has 1 aromatic carbocycles. The number of halogens is 1. The summed E-state index contributed by atoms with van der Waals surface area (Å²) >= 11 is 1.39. The smallest absolute Gasteiger partial charge is 0.252 e. The van der Waals surface area contributed by atoms with Crippen molar-refractivity contribution < 1.29 is 9.59 Å². The molecule has 1 fully saturated rings. The maximum atomic E-state index is 12.7. The molecule has 2 aromatic rings. The Bertz CT molecular complexity index is 703. The van der Waals surface area contributed by atoms with E-state index in [-0.39, 0.29) is 30.1 Å². The summed E-state index contributed by atoms with van der Waals surface area (Å²) in [5, 5.41) is 8.24. The van der Waals surface area contributed by atoms with Crippen molar-refractivity contribution in [3.63, 3.8) is 0 Å². The van der Waals surface area contributed by atoms with Crippen LogP contribution in [0.5, 0.6) is 0 Å². The Morgan fingerprint density at radius 1 is 1.17 bits per heavy atom. The summed E-state index contributed by atoms with van der Waals surface area (Å²) in [7, 11) is 0. The van der Waals surface area contributed by atoms with Crippen LogP contribution in [-0.2, 0) is 0 Å². The van der Waals surface area contributed by atoms with Gasteiger partial charge in [0.05, 0.1) is 10.4 Å². The van der Waals surface area contributed by atoms with Crippen molar-refractivity contribution in [3.05, 3.63) is 57.8 Å². The summed E-state index contributed by atoms with van der Waals surface area (Å²) in [4.78, 5) is 25.9. The molecular formula is C18H21ClN2O2S. The van der Waals surface area contributed by atoms with Crippen molar-refractivity contribution in [2.75, 3.05) is 13.1 Å². The number of ketones is 1. The predicted molar refractivity (Wildman–Crippen MR) is 99.3 cm³/mol. The Hall–Kier alpha value is -1.69. The number of amides is 1. The average molecular weight is 365 g/mol. The lowest BCUT2D eigenvalue weighted by Gasteiger charge is -2.30. The van der Waals surface area contributed by atoms with E-state index in [1.54, 1.807) is 30.3 Å². The van der Waals surface area contributed by atoms with Crippen molar-refractivity contribution in [1.82, 2.24) is 10.6 Å². The molecule has 6 heteroatoms. The molecule has 1 aromatic heterocycles. The highest BCUT2D eigenvalue weighted by molar-refractivity contribution is 7.12. The molecule has 2 atom stereocenters. The van der Waals surface area contributed by atoms with Crippen LogP contribution in [0.25, 0.3) is 0 Å². The first kappa shape index (κ1) is 18.6. The van der Waals surface area contributed by atoms with Gasteiger partial charge in [0.2, 0.25) is 5.78 Å². The van der Waals surface area contributed by atoms with E-state index in [0.717, 1.165) is 19.5 Å². The van der Waals surface area contributed by atoms with Gasteiger partial charge in [0.15, 0.2) is 0 Å². The van der Waals surface area contributed by atoms with Crippen LogP contribution in [0.2, 0.25) is 0 Å². The first-order chi connectivity index (χ1) is 11.2. The van der Waals surface area contributed by atoms with Crippen molar-refractivity contribution >= 4 is 35.4 Å². The normalized spacial score (nSPS) is 20.0. The molecule has 4 nitrogen and oxygen atoms in total. The molecule has 0 aliphatic carbocycles. The summed E-state index contributed by atoms with van der Waals surface area (Å²) < 4.78 is 0. The lowest BCUT2D eigenvalue weighted by Crippen LogP contribution is -2.50. The number of hydrogen-bond donors (Lipinski definition) is 2. The van der Waals surface area contributed by atoms with Crippen LogP contribution >= 0.6 is 23.7 Å². The summed E-state index contributed by atoms with van der Waals surface area (Å²) in [5.74, 6) is 0.159. The van der Waals surface area contributed by atoms with Gasteiger partial charge in [-0.25, -0.2) is 0 Å². The van der Waals surface area contributed by atoms with Gasteiger partial charge in [0.25, 0.3) is 5.91 Å². The minimum absolute atomic E-state index is 0. The van der Waals surface area contributed by atoms with Gasteiger partial charge in [-0.1, -0.05) is 31.2 Å². The lowest BCUT2D eigenvalue weighted by molar-refractivity contribution is 0.0907. The summed E-state index contributed by atoms with van der Waals surface area (Å²) in [5.41, 5.74) is 0.910. The van der Waals surface area contributed by atoms with Crippen LogP contribution in [0.4, 0.5) is 0 Å². The molecule has 1 aliphatic heterocycles. The van der Waals surface area contributed by atoms with Gasteiger partial charge in [0.1, 0.15) is 0 Å². The molecule has 2 unspecified atom stereocenters. The molecule has 3 rings (SSSR count). The third-order valence-corrected chi connectivity index (χ3v) is 5.17. The van der Waals surface area contributed by atoms with Crippen molar-refractivity contribution in [2.24, 2.45) is 5.92 Å². The molecule has 2 heterocycles. The molecule has 2 N–H and O–H groups in total. The van der Waals surface area contributed by atoms with E-state index in [4.69, 9.17) is 0 Å².